The molecule has 0 radical (unpaired) electrons. The van der Waals surface area contributed by atoms with E-state index in [1.165, 1.54) is 0 Å². The van der Waals surface area contributed by atoms with Gasteiger partial charge >= 0.3 is 0 Å². The van der Waals surface area contributed by atoms with Gasteiger partial charge in [-0.15, -0.1) is 0 Å². The third-order valence-corrected chi connectivity index (χ3v) is 2.38. The molecule has 1 N–H and O–H groups in total. The second-order valence-corrected chi connectivity index (χ2v) is 5.50. The fourth-order valence-corrected chi connectivity index (χ4v) is 1.64. The predicted molar refractivity (Wildman–Crippen MR) is 62.9 cm³/mol. The highest BCUT2D eigenvalue weighted by molar-refractivity contribution is 9.28. The van der Waals surface area contributed by atoms with Gasteiger partial charge in [-0.05, 0) is 61.5 Å². The first kappa shape index (κ1) is 11.0. The zero-order valence-corrected chi connectivity index (χ0v) is 10.4. The topological polar surface area (TPSA) is 20.2 Å². The number of aliphatic hydroxyl groups excluding tert-OH is 1. The average Bonchev–Trinajstić information content (AvgIpc) is 2.08. The van der Waals surface area contributed by atoms with Crippen LogP contribution in [0.3, 0.4) is 0 Å². The fraction of sp³-hybridized carbons (Fsp3) is 0.200. The van der Waals surface area contributed by atoms with E-state index in [4.69, 9.17) is 5.11 Å². The summed E-state index contributed by atoms with van der Waals surface area (Å²) in [6.07, 6.45) is 1.97. The Bertz CT molecular complexity index is 328. The number of rotatable bonds is 2. The number of hydrogen-bond acceptors (Lipinski definition) is 1. The van der Waals surface area contributed by atoms with Gasteiger partial charge in [-0.25, -0.2) is 0 Å². The predicted octanol–water partition coefficient (Wildman–Crippen LogP) is 3.58. The molecule has 0 amide bonds. The van der Waals surface area contributed by atoms with Crippen molar-refractivity contribution in [1.29, 1.82) is 0 Å². The van der Waals surface area contributed by atoms with E-state index in [9.17, 15) is 0 Å². The maximum atomic E-state index is 9.03. The van der Waals surface area contributed by atoms with Crippen LogP contribution in [0, 0.1) is 6.92 Å². The van der Waals surface area contributed by atoms with Crippen LogP contribution >= 0.6 is 31.9 Å². The van der Waals surface area contributed by atoms with Gasteiger partial charge in [0.15, 0.2) is 0 Å². The van der Waals surface area contributed by atoms with Crippen LogP contribution in [0.4, 0.5) is 0 Å². The summed E-state index contributed by atoms with van der Waals surface area (Å²) in [5.41, 5.74) is 3.19. The molecular weight excluding hydrogens is 296 g/mol. The Labute approximate surface area is 94.7 Å². The van der Waals surface area contributed by atoms with E-state index >= 15 is 0 Å². The third kappa shape index (κ3) is 2.93. The summed E-state index contributed by atoms with van der Waals surface area (Å²) in [6.45, 7) is 2.09. The van der Waals surface area contributed by atoms with Crippen molar-refractivity contribution in [3.63, 3.8) is 0 Å². The molecule has 1 aromatic rings. The monoisotopic (exact) mass is 304 g/mol. The lowest BCUT2D eigenvalue weighted by Crippen LogP contribution is -1.90. The van der Waals surface area contributed by atoms with Gasteiger partial charge in [0.1, 0.15) is 0 Å². The van der Waals surface area contributed by atoms with Crippen molar-refractivity contribution >= 4 is 37.9 Å². The Morgan fingerprint density at radius 2 is 2.15 bits per heavy atom. The van der Waals surface area contributed by atoms with Crippen molar-refractivity contribution in [2.75, 3.05) is 0 Å². The van der Waals surface area contributed by atoms with E-state index in [0.29, 0.717) is 0 Å². The van der Waals surface area contributed by atoms with E-state index in [-0.39, 0.29) is 6.61 Å². The van der Waals surface area contributed by atoms with E-state index in [1.807, 2.05) is 31.2 Å². The standard InChI is InChI=1S/C10H10Br2O/c1-7-8(5-10(11)12)3-2-4-9(7)6-13/h2-5,13H,6H2,1H3. The van der Waals surface area contributed by atoms with Gasteiger partial charge < -0.3 is 5.11 Å². The van der Waals surface area contributed by atoms with Gasteiger partial charge in [0.2, 0.25) is 0 Å². The molecule has 3 heteroatoms. The van der Waals surface area contributed by atoms with Crippen molar-refractivity contribution in [2.24, 2.45) is 0 Å². The molecule has 0 fully saturated rings. The Morgan fingerprint density at radius 3 is 2.69 bits per heavy atom. The molecule has 0 saturated carbocycles. The summed E-state index contributed by atoms with van der Waals surface area (Å²) in [5.74, 6) is 0. The maximum absolute atomic E-state index is 9.03. The first-order valence-electron chi connectivity index (χ1n) is 3.87. The highest BCUT2D eigenvalue weighted by Crippen LogP contribution is 2.22. The summed E-state index contributed by atoms with van der Waals surface area (Å²) >= 11 is 6.61. The molecule has 0 spiro atoms. The van der Waals surface area contributed by atoms with Crippen LogP contribution in [0.2, 0.25) is 0 Å². The van der Waals surface area contributed by atoms with Crippen LogP contribution in [0.15, 0.2) is 21.6 Å². The molecule has 70 valence electrons. The van der Waals surface area contributed by atoms with Crippen molar-refractivity contribution in [3.8, 4) is 0 Å². The second kappa shape index (κ2) is 4.94. The highest BCUT2D eigenvalue weighted by atomic mass is 79.9. The first-order chi connectivity index (χ1) is 6.15. The summed E-state index contributed by atoms with van der Waals surface area (Å²) < 4.78 is 0.901. The Hall–Kier alpha value is -0.120. The normalized spacial score (nSPS) is 9.85. The number of halogens is 2. The van der Waals surface area contributed by atoms with E-state index < -0.39 is 0 Å². The van der Waals surface area contributed by atoms with E-state index in [1.54, 1.807) is 0 Å². The molecule has 0 saturated heterocycles. The molecule has 0 aliphatic carbocycles. The minimum atomic E-state index is 0.0907. The van der Waals surface area contributed by atoms with Gasteiger partial charge in [0, 0.05) is 0 Å². The van der Waals surface area contributed by atoms with E-state index in [2.05, 4.69) is 31.9 Å². The lowest BCUT2D eigenvalue weighted by Gasteiger charge is -2.05. The molecule has 1 nitrogen and oxygen atoms in total. The summed E-state index contributed by atoms with van der Waals surface area (Å²) in [4.78, 5) is 0. The summed E-state index contributed by atoms with van der Waals surface area (Å²) in [6, 6.07) is 5.87. The number of hydrogen-bond donors (Lipinski definition) is 1. The van der Waals surface area contributed by atoms with Crippen molar-refractivity contribution < 1.29 is 5.11 Å². The Morgan fingerprint density at radius 1 is 1.46 bits per heavy atom. The molecule has 1 rings (SSSR count). The Balaban J connectivity index is 3.16. The molecule has 1 aromatic carbocycles. The van der Waals surface area contributed by atoms with Crippen LogP contribution in [0.5, 0.6) is 0 Å². The lowest BCUT2D eigenvalue weighted by molar-refractivity contribution is 0.281. The smallest absolute Gasteiger partial charge is 0.0684 e. The lowest BCUT2D eigenvalue weighted by atomic mass is 10.0. The molecule has 0 aliphatic rings. The SMILES string of the molecule is Cc1c(C=C(Br)Br)cccc1CO. The van der Waals surface area contributed by atoms with Gasteiger partial charge in [0.05, 0.1) is 10.00 Å². The van der Waals surface area contributed by atoms with Crippen molar-refractivity contribution in [1.82, 2.24) is 0 Å². The van der Waals surface area contributed by atoms with Crippen molar-refractivity contribution in [3.05, 3.63) is 38.3 Å². The summed E-state index contributed by atoms with van der Waals surface area (Å²) in [7, 11) is 0. The third-order valence-electron chi connectivity index (χ3n) is 1.92. The highest BCUT2D eigenvalue weighted by Gasteiger charge is 2.00. The average molecular weight is 306 g/mol. The van der Waals surface area contributed by atoms with Gasteiger partial charge in [0.25, 0.3) is 0 Å². The second-order valence-electron chi connectivity index (χ2n) is 2.72. The van der Waals surface area contributed by atoms with Crippen LogP contribution in [-0.2, 0) is 6.61 Å². The zero-order valence-electron chi connectivity index (χ0n) is 7.22. The zero-order chi connectivity index (χ0) is 9.84. The van der Waals surface area contributed by atoms with Crippen LogP contribution in [-0.4, -0.2) is 5.11 Å². The Kier molecular flexibility index (Phi) is 4.16. The maximum Gasteiger partial charge on any atom is 0.0684 e. The van der Waals surface area contributed by atoms with E-state index in [0.717, 1.165) is 20.1 Å². The van der Waals surface area contributed by atoms with Crippen molar-refractivity contribution in [2.45, 2.75) is 13.5 Å². The van der Waals surface area contributed by atoms with Gasteiger partial charge in [-0.2, -0.15) is 0 Å². The largest absolute Gasteiger partial charge is 0.392 e. The van der Waals surface area contributed by atoms with Crippen LogP contribution in [0.25, 0.3) is 6.08 Å². The quantitative estimate of drug-likeness (QED) is 0.885. The molecule has 0 bridgehead atoms. The van der Waals surface area contributed by atoms with Gasteiger partial charge in [-0.1, -0.05) is 18.2 Å². The molecule has 0 unspecified atom stereocenters. The van der Waals surface area contributed by atoms with Crippen LogP contribution < -0.4 is 0 Å². The molecule has 0 aliphatic heterocycles. The molecule has 0 atom stereocenters. The summed E-state index contributed by atoms with van der Waals surface area (Å²) in [5, 5.41) is 9.03. The number of aliphatic hydroxyl groups is 1. The molecule has 0 heterocycles. The molecular formula is C10H10Br2O. The molecule has 0 aromatic heterocycles. The fourth-order valence-electron chi connectivity index (χ4n) is 1.15. The number of benzene rings is 1. The first-order valence-corrected chi connectivity index (χ1v) is 5.46. The minimum absolute atomic E-state index is 0.0907. The minimum Gasteiger partial charge on any atom is -0.392 e. The van der Waals surface area contributed by atoms with Gasteiger partial charge in [-0.3, -0.25) is 0 Å². The molecule has 13 heavy (non-hydrogen) atoms. The van der Waals surface area contributed by atoms with Crippen LogP contribution in [0.1, 0.15) is 16.7 Å².